The van der Waals surface area contributed by atoms with Gasteiger partial charge >= 0.3 is 5.97 Å². The van der Waals surface area contributed by atoms with Crippen LogP contribution in [0.1, 0.15) is 32.1 Å². The highest BCUT2D eigenvalue weighted by Gasteiger charge is 2.37. The van der Waals surface area contributed by atoms with Crippen molar-refractivity contribution in [3.8, 4) is 0 Å². The topological polar surface area (TPSA) is 107 Å². The summed E-state index contributed by atoms with van der Waals surface area (Å²) >= 11 is 0. The summed E-state index contributed by atoms with van der Waals surface area (Å²) in [4.78, 5) is 36.9. The predicted octanol–water partition coefficient (Wildman–Crippen LogP) is -0.413. The second-order valence-electron chi connectivity index (χ2n) is 5.81. The SMILES string of the molecule is O=C(N[C@@H](CCO)C(=O)O)C1CCCN(C(=O)C2CC2)C1. The van der Waals surface area contributed by atoms with Crippen LogP contribution in [-0.4, -0.2) is 58.6 Å². The van der Waals surface area contributed by atoms with Gasteiger partial charge < -0.3 is 20.4 Å². The summed E-state index contributed by atoms with van der Waals surface area (Å²) in [6, 6.07) is -1.07. The van der Waals surface area contributed by atoms with Gasteiger partial charge in [-0.05, 0) is 25.7 Å². The molecule has 1 aliphatic heterocycles. The third-order valence-electron chi connectivity index (χ3n) is 4.06. The Kier molecular flexibility index (Phi) is 5.17. The van der Waals surface area contributed by atoms with Crippen LogP contribution < -0.4 is 5.32 Å². The third-order valence-corrected chi connectivity index (χ3v) is 4.06. The van der Waals surface area contributed by atoms with Crippen molar-refractivity contribution in [1.82, 2.24) is 10.2 Å². The molecule has 2 rings (SSSR count). The van der Waals surface area contributed by atoms with E-state index in [1.807, 2.05) is 0 Å². The van der Waals surface area contributed by atoms with E-state index in [1.54, 1.807) is 4.90 Å². The predicted molar refractivity (Wildman–Crippen MR) is 73.3 cm³/mol. The minimum Gasteiger partial charge on any atom is -0.480 e. The number of likely N-dealkylation sites (tertiary alicyclic amines) is 1. The smallest absolute Gasteiger partial charge is 0.326 e. The summed E-state index contributed by atoms with van der Waals surface area (Å²) in [6.45, 7) is 0.749. The van der Waals surface area contributed by atoms with Crippen LogP contribution in [0.25, 0.3) is 0 Å². The second-order valence-corrected chi connectivity index (χ2v) is 5.81. The van der Waals surface area contributed by atoms with E-state index in [0.29, 0.717) is 19.5 Å². The lowest BCUT2D eigenvalue weighted by Crippen LogP contribution is -2.49. The highest BCUT2D eigenvalue weighted by atomic mass is 16.4. The molecular weight excluding hydrogens is 276 g/mol. The van der Waals surface area contributed by atoms with E-state index in [2.05, 4.69) is 5.32 Å². The van der Waals surface area contributed by atoms with E-state index in [0.717, 1.165) is 19.3 Å². The van der Waals surface area contributed by atoms with E-state index < -0.39 is 12.0 Å². The molecule has 2 fully saturated rings. The van der Waals surface area contributed by atoms with Crippen LogP contribution in [0.2, 0.25) is 0 Å². The van der Waals surface area contributed by atoms with Crippen molar-refractivity contribution in [2.45, 2.75) is 38.1 Å². The number of nitrogens with one attached hydrogen (secondary N) is 1. The molecule has 0 aromatic rings. The lowest BCUT2D eigenvalue weighted by molar-refractivity contribution is -0.144. The molecule has 0 radical (unpaired) electrons. The van der Waals surface area contributed by atoms with Gasteiger partial charge in [-0.1, -0.05) is 0 Å². The number of nitrogens with zero attached hydrogens (tertiary/aromatic N) is 1. The molecule has 0 aromatic carbocycles. The molecule has 3 N–H and O–H groups in total. The van der Waals surface area contributed by atoms with Gasteiger partial charge in [0.05, 0.1) is 5.92 Å². The summed E-state index contributed by atoms with van der Waals surface area (Å²) in [7, 11) is 0. The molecule has 1 heterocycles. The Balaban J connectivity index is 1.88. The fourth-order valence-electron chi connectivity index (χ4n) is 2.66. The van der Waals surface area contributed by atoms with E-state index in [-0.39, 0.29) is 36.7 Å². The Hall–Kier alpha value is -1.63. The fraction of sp³-hybridized carbons (Fsp3) is 0.786. The molecule has 2 atom stereocenters. The first-order chi connectivity index (χ1) is 10.0. The number of carboxylic acid groups (broad SMARTS) is 1. The Morgan fingerprint density at radius 3 is 2.48 bits per heavy atom. The number of aliphatic hydroxyl groups is 1. The molecule has 2 amide bonds. The second kappa shape index (κ2) is 6.89. The zero-order valence-corrected chi connectivity index (χ0v) is 12.0. The molecule has 1 saturated heterocycles. The highest BCUT2D eigenvalue weighted by Crippen LogP contribution is 2.32. The van der Waals surface area contributed by atoms with Gasteiger partial charge in [-0.15, -0.1) is 0 Å². The quantitative estimate of drug-likeness (QED) is 0.618. The maximum Gasteiger partial charge on any atom is 0.326 e. The molecule has 1 aliphatic carbocycles. The first-order valence-electron chi connectivity index (χ1n) is 7.45. The van der Waals surface area contributed by atoms with Gasteiger partial charge in [-0.2, -0.15) is 0 Å². The number of hydrogen-bond donors (Lipinski definition) is 3. The van der Waals surface area contributed by atoms with Crippen LogP contribution >= 0.6 is 0 Å². The number of aliphatic carboxylic acids is 1. The van der Waals surface area contributed by atoms with E-state index in [9.17, 15) is 14.4 Å². The number of aliphatic hydroxyl groups excluding tert-OH is 1. The van der Waals surface area contributed by atoms with Gasteiger partial charge in [-0.3, -0.25) is 9.59 Å². The number of amides is 2. The number of carboxylic acids is 1. The minimum absolute atomic E-state index is 0.0154. The zero-order valence-electron chi connectivity index (χ0n) is 12.0. The first kappa shape index (κ1) is 15.8. The largest absolute Gasteiger partial charge is 0.480 e. The molecule has 2 aliphatic rings. The zero-order chi connectivity index (χ0) is 15.4. The Labute approximate surface area is 123 Å². The number of piperidine rings is 1. The maximum absolute atomic E-state index is 12.1. The highest BCUT2D eigenvalue weighted by molar-refractivity contribution is 5.86. The van der Waals surface area contributed by atoms with Crippen LogP contribution in [0, 0.1) is 11.8 Å². The van der Waals surface area contributed by atoms with Crippen LogP contribution in [0.3, 0.4) is 0 Å². The van der Waals surface area contributed by atoms with Crippen molar-refractivity contribution in [1.29, 1.82) is 0 Å². The average molecular weight is 298 g/mol. The van der Waals surface area contributed by atoms with E-state index in [4.69, 9.17) is 10.2 Å². The first-order valence-corrected chi connectivity index (χ1v) is 7.45. The number of carbonyl (C=O) groups is 3. The van der Waals surface area contributed by atoms with Crippen molar-refractivity contribution in [2.75, 3.05) is 19.7 Å². The molecule has 0 bridgehead atoms. The molecule has 1 saturated carbocycles. The monoisotopic (exact) mass is 298 g/mol. The normalized spacial score (nSPS) is 23.5. The van der Waals surface area contributed by atoms with Gasteiger partial charge in [-0.25, -0.2) is 4.79 Å². The van der Waals surface area contributed by atoms with Crippen molar-refractivity contribution >= 4 is 17.8 Å². The Morgan fingerprint density at radius 2 is 1.90 bits per heavy atom. The lowest BCUT2D eigenvalue weighted by atomic mass is 9.96. The van der Waals surface area contributed by atoms with Crippen LogP contribution in [0.5, 0.6) is 0 Å². The molecule has 7 heteroatoms. The molecule has 118 valence electrons. The van der Waals surface area contributed by atoms with Crippen molar-refractivity contribution in [2.24, 2.45) is 11.8 Å². The van der Waals surface area contributed by atoms with Crippen LogP contribution in [0.15, 0.2) is 0 Å². The fourth-order valence-corrected chi connectivity index (χ4v) is 2.66. The summed E-state index contributed by atoms with van der Waals surface area (Å²) in [6.07, 6.45) is 3.27. The maximum atomic E-state index is 12.1. The van der Waals surface area contributed by atoms with E-state index in [1.165, 1.54) is 0 Å². The Morgan fingerprint density at radius 1 is 1.19 bits per heavy atom. The molecule has 0 spiro atoms. The third kappa shape index (κ3) is 4.17. The van der Waals surface area contributed by atoms with Gasteiger partial charge in [0, 0.05) is 32.0 Å². The number of rotatable bonds is 6. The number of hydrogen-bond acceptors (Lipinski definition) is 4. The van der Waals surface area contributed by atoms with Crippen LogP contribution in [0.4, 0.5) is 0 Å². The molecule has 0 aromatic heterocycles. The standard InChI is InChI=1S/C14H22N2O5/c17-7-5-11(14(20)21)15-12(18)10-2-1-6-16(8-10)13(19)9-3-4-9/h9-11,17H,1-8H2,(H,15,18)(H,20,21)/t10?,11-/m0/s1. The van der Waals surface area contributed by atoms with Crippen molar-refractivity contribution in [3.63, 3.8) is 0 Å². The molecular formula is C14H22N2O5. The van der Waals surface area contributed by atoms with Gasteiger partial charge in [0.15, 0.2) is 0 Å². The molecule has 7 nitrogen and oxygen atoms in total. The van der Waals surface area contributed by atoms with Gasteiger partial charge in [0.1, 0.15) is 6.04 Å². The minimum atomic E-state index is -1.15. The van der Waals surface area contributed by atoms with Gasteiger partial charge in [0.25, 0.3) is 0 Å². The van der Waals surface area contributed by atoms with Gasteiger partial charge in [0.2, 0.25) is 11.8 Å². The van der Waals surface area contributed by atoms with Crippen molar-refractivity contribution < 1.29 is 24.6 Å². The summed E-state index contributed by atoms with van der Waals surface area (Å²) < 4.78 is 0. The summed E-state index contributed by atoms with van der Waals surface area (Å²) in [5.74, 6) is -1.60. The lowest BCUT2D eigenvalue weighted by Gasteiger charge is -2.32. The van der Waals surface area contributed by atoms with E-state index >= 15 is 0 Å². The summed E-state index contributed by atoms with van der Waals surface area (Å²) in [5, 5.41) is 20.3. The summed E-state index contributed by atoms with van der Waals surface area (Å²) in [5.41, 5.74) is 0. The molecule has 21 heavy (non-hydrogen) atoms. The number of carbonyl (C=O) groups excluding carboxylic acids is 2. The van der Waals surface area contributed by atoms with Crippen LogP contribution in [-0.2, 0) is 14.4 Å². The Bertz CT molecular complexity index is 422. The van der Waals surface area contributed by atoms with Crippen molar-refractivity contribution in [3.05, 3.63) is 0 Å². The average Bonchev–Trinajstić information content (AvgIpc) is 3.30. The molecule has 1 unspecified atom stereocenters.